The quantitative estimate of drug-likeness (QED) is 0.778. The summed E-state index contributed by atoms with van der Waals surface area (Å²) in [7, 11) is 0. The van der Waals surface area contributed by atoms with Gasteiger partial charge in [-0.2, -0.15) is 11.3 Å². The molecule has 1 unspecified atom stereocenters. The first-order chi connectivity index (χ1) is 9.63. The van der Waals surface area contributed by atoms with Crippen LogP contribution in [0.15, 0.2) is 16.8 Å². The minimum absolute atomic E-state index is 0.269. The monoisotopic (exact) mass is 297 g/mol. The fourth-order valence-electron chi connectivity index (χ4n) is 2.33. The molecule has 6 heteroatoms. The van der Waals surface area contributed by atoms with Gasteiger partial charge in [0.2, 0.25) is 0 Å². The first-order valence-electron chi connectivity index (χ1n) is 7.11. The number of aliphatic hydroxyl groups excluding tert-OH is 1. The van der Waals surface area contributed by atoms with Gasteiger partial charge in [0.1, 0.15) is 0 Å². The van der Waals surface area contributed by atoms with Crippen molar-refractivity contribution in [3.05, 3.63) is 16.8 Å². The molecular formula is C14H23N3O2S. The predicted octanol–water partition coefficient (Wildman–Crippen LogP) is 1.96. The second-order valence-electron chi connectivity index (χ2n) is 5.48. The molecule has 1 aliphatic heterocycles. The normalized spacial score (nSPS) is 18.7. The van der Waals surface area contributed by atoms with E-state index in [1.807, 2.05) is 16.8 Å². The summed E-state index contributed by atoms with van der Waals surface area (Å²) in [5.74, 6) is 0.790. The van der Waals surface area contributed by atoms with Gasteiger partial charge in [0, 0.05) is 18.5 Å². The number of amides is 2. The van der Waals surface area contributed by atoms with E-state index in [-0.39, 0.29) is 12.6 Å². The van der Waals surface area contributed by atoms with Crippen LogP contribution in [0.1, 0.15) is 19.8 Å². The second-order valence-corrected chi connectivity index (χ2v) is 6.26. The second kappa shape index (κ2) is 7.61. The van der Waals surface area contributed by atoms with E-state index in [1.165, 1.54) is 24.2 Å². The van der Waals surface area contributed by atoms with E-state index in [2.05, 4.69) is 22.5 Å². The van der Waals surface area contributed by atoms with Crippen molar-refractivity contribution in [2.45, 2.75) is 25.9 Å². The van der Waals surface area contributed by atoms with Gasteiger partial charge in [0.05, 0.1) is 11.8 Å². The molecule has 2 amide bonds. The largest absolute Gasteiger partial charge is 0.390 e. The summed E-state index contributed by atoms with van der Waals surface area (Å²) >= 11 is 1.53. The molecule has 2 heterocycles. The molecule has 1 aromatic rings. The van der Waals surface area contributed by atoms with Crippen LogP contribution in [0.4, 0.5) is 10.5 Å². The van der Waals surface area contributed by atoms with E-state index in [0.29, 0.717) is 6.54 Å². The number of piperidine rings is 1. The van der Waals surface area contributed by atoms with Gasteiger partial charge in [-0.3, -0.25) is 0 Å². The smallest absolute Gasteiger partial charge is 0.319 e. The Hall–Kier alpha value is -1.11. The lowest BCUT2D eigenvalue weighted by Gasteiger charge is -2.31. The summed E-state index contributed by atoms with van der Waals surface area (Å²) in [6.45, 7) is 5.26. The van der Waals surface area contributed by atoms with Gasteiger partial charge in [0.15, 0.2) is 0 Å². The van der Waals surface area contributed by atoms with Crippen molar-refractivity contribution in [3.8, 4) is 0 Å². The van der Waals surface area contributed by atoms with E-state index < -0.39 is 6.10 Å². The molecule has 1 aromatic heterocycles. The molecule has 0 bridgehead atoms. The molecule has 1 saturated heterocycles. The number of hydrogen-bond donors (Lipinski definition) is 3. The number of nitrogens with one attached hydrogen (secondary N) is 2. The molecule has 20 heavy (non-hydrogen) atoms. The van der Waals surface area contributed by atoms with Crippen LogP contribution in [-0.2, 0) is 0 Å². The molecule has 1 atom stereocenters. The summed E-state index contributed by atoms with van der Waals surface area (Å²) in [6, 6.07) is 1.57. The lowest BCUT2D eigenvalue weighted by molar-refractivity contribution is 0.0924. The maximum atomic E-state index is 11.6. The van der Waals surface area contributed by atoms with Crippen LogP contribution >= 0.6 is 11.3 Å². The number of carbonyl (C=O) groups excluding carboxylic acids is 1. The highest BCUT2D eigenvalue weighted by Crippen LogP contribution is 2.15. The molecule has 3 N–H and O–H groups in total. The van der Waals surface area contributed by atoms with Crippen molar-refractivity contribution in [3.63, 3.8) is 0 Å². The van der Waals surface area contributed by atoms with Gasteiger partial charge in [-0.25, -0.2) is 4.79 Å². The third-order valence-corrected chi connectivity index (χ3v) is 4.31. The van der Waals surface area contributed by atoms with Crippen LogP contribution in [0.25, 0.3) is 0 Å². The molecule has 112 valence electrons. The van der Waals surface area contributed by atoms with Crippen molar-refractivity contribution >= 4 is 23.1 Å². The predicted molar refractivity (Wildman–Crippen MR) is 82.2 cm³/mol. The van der Waals surface area contributed by atoms with Crippen LogP contribution in [0, 0.1) is 5.92 Å². The number of urea groups is 1. The average molecular weight is 297 g/mol. The number of carbonyl (C=O) groups is 1. The molecule has 0 spiro atoms. The molecule has 1 fully saturated rings. The van der Waals surface area contributed by atoms with Gasteiger partial charge in [-0.05, 0) is 43.3 Å². The maximum Gasteiger partial charge on any atom is 0.319 e. The first kappa shape index (κ1) is 15.3. The third-order valence-electron chi connectivity index (χ3n) is 3.62. The Labute approximate surface area is 124 Å². The molecule has 0 radical (unpaired) electrons. The number of anilines is 1. The van der Waals surface area contributed by atoms with Gasteiger partial charge >= 0.3 is 6.03 Å². The summed E-state index contributed by atoms with van der Waals surface area (Å²) < 4.78 is 0. The fraction of sp³-hybridized carbons (Fsp3) is 0.643. The third kappa shape index (κ3) is 5.11. The summed E-state index contributed by atoms with van der Waals surface area (Å²) in [4.78, 5) is 13.9. The van der Waals surface area contributed by atoms with Crippen molar-refractivity contribution in [2.24, 2.45) is 5.92 Å². The molecule has 2 rings (SSSR count). The number of thiophene rings is 1. The lowest BCUT2D eigenvalue weighted by atomic mass is 9.99. The van der Waals surface area contributed by atoms with E-state index in [9.17, 15) is 9.90 Å². The number of aliphatic hydroxyl groups is 1. The van der Waals surface area contributed by atoms with E-state index in [1.54, 1.807) is 0 Å². The molecule has 5 nitrogen and oxygen atoms in total. The van der Waals surface area contributed by atoms with Crippen LogP contribution in [0.2, 0.25) is 0 Å². The van der Waals surface area contributed by atoms with E-state index >= 15 is 0 Å². The first-order valence-corrected chi connectivity index (χ1v) is 8.05. The van der Waals surface area contributed by atoms with Crippen LogP contribution in [0.5, 0.6) is 0 Å². The number of hydrogen-bond acceptors (Lipinski definition) is 4. The number of nitrogens with zero attached hydrogens (tertiary/aromatic N) is 1. The lowest BCUT2D eigenvalue weighted by Crippen LogP contribution is -2.43. The zero-order chi connectivity index (χ0) is 14.4. The van der Waals surface area contributed by atoms with Crippen molar-refractivity contribution in [1.29, 1.82) is 0 Å². The Kier molecular flexibility index (Phi) is 5.82. The zero-order valence-corrected chi connectivity index (χ0v) is 12.7. The highest BCUT2D eigenvalue weighted by Gasteiger charge is 2.18. The Morgan fingerprint density at radius 3 is 2.95 bits per heavy atom. The Morgan fingerprint density at radius 1 is 1.55 bits per heavy atom. The van der Waals surface area contributed by atoms with Gasteiger partial charge < -0.3 is 20.6 Å². The van der Waals surface area contributed by atoms with Crippen LogP contribution in [0.3, 0.4) is 0 Å². The molecule has 0 saturated carbocycles. The SMILES string of the molecule is CC1CCN(CC(O)CNC(=O)Nc2ccsc2)CC1. The van der Waals surface area contributed by atoms with Gasteiger partial charge in [-0.15, -0.1) is 0 Å². The number of β-amino-alcohol motifs (C(OH)–C–C–N with tert-alkyl or cyclic N) is 1. The minimum atomic E-state index is -0.517. The van der Waals surface area contributed by atoms with Gasteiger partial charge in [-0.1, -0.05) is 6.92 Å². The van der Waals surface area contributed by atoms with Crippen LogP contribution < -0.4 is 10.6 Å². The number of rotatable bonds is 5. The minimum Gasteiger partial charge on any atom is -0.390 e. The Morgan fingerprint density at radius 2 is 2.30 bits per heavy atom. The van der Waals surface area contributed by atoms with Crippen LogP contribution in [-0.4, -0.2) is 48.3 Å². The Balaban J connectivity index is 1.62. The standard InChI is InChI=1S/C14H23N3O2S/c1-11-2-5-17(6-3-11)9-13(18)8-15-14(19)16-12-4-7-20-10-12/h4,7,10-11,13,18H,2-3,5-6,8-9H2,1H3,(H2,15,16,19). The van der Waals surface area contributed by atoms with E-state index in [4.69, 9.17) is 0 Å². The number of likely N-dealkylation sites (tertiary alicyclic amines) is 1. The molecule has 0 aromatic carbocycles. The maximum absolute atomic E-state index is 11.6. The highest BCUT2D eigenvalue weighted by atomic mass is 32.1. The van der Waals surface area contributed by atoms with Crippen molar-refractivity contribution in [2.75, 3.05) is 31.5 Å². The fourth-order valence-corrected chi connectivity index (χ4v) is 2.92. The highest BCUT2D eigenvalue weighted by molar-refractivity contribution is 7.08. The summed E-state index contributed by atoms with van der Waals surface area (Å²) in [6.07, 6.45) is 1.87. The van der Waals surface area contributed by atoms with Crippen molar-refractivity contribution < 1.29 is 9.90 Å². The van der Waals surface area contributed by atoms with Gasteiger partial charge in [0.25, 0.3) is 0 Å². The molecule has 0 aliphatic carbocycles. The van der Waals surface area contributed by atoms with E-state index in [0.717, 1.165) is 24.7 Å². The topological polar surface area (TPSA) is 64.6 Å². The average Bonchev–Trinajstić information content (AvgIpc) is 2.92. The zero-order valence-electron chi connectivity index (χ0n) is 11.8. The molecular weight excluding hydrogens is 274 g/mol. The summed E-state index contributed by atoms with van der Waals surface area (Å²) in [5, 5.41) is 19.2. The van der Waals surface area contributed by atoms with Crippen molar-refractivity contribution in [1.82, 2.24) is 10.2 Å². The molecule has 1 aliphatic rings. The summed E-state index contributed by atoms with van der Waals surface area (Å²) in [5.41, 5.74) is 0.784. The Bertz CT molecular complexity index is 403.